The molecule has 3 N–H and O–H groups in total. The molecule has 0 radical (unpaired) electrons. The first-order valence-electron chi connectivity index (χ1n) is 8.21. The lowest BCUT2D eigenvalue weighted by molar-refractivity contribution is -0.123. The summed E-state index contributed by atoms with van der Waals surface area (Å²) in [7, 11) is -3.71. The minimum Gasteiger partial charge on any atom is -0.324 e. The molecule has 0 bridgehead atoms. The van der Waals surface area contributed by atoms with Crippen LogP contribution in [0.5, 0.6) is 0 Å². The first kappa shape index (κ1) is 18.1. The normalized spacial score (nSPS) is 14.2. The molecule has 0 saturated carbocycles. The smallest absolute Gasteiger partial charge is 0.240 e. The lowest BCUT2D eigenvalue weighted by atomic mass is 10.1. The van der Waals surface area contributed by atoms with Crippen LogP contribution >= 0.6 is 0 Å². The second kappa shape index (κ2) is 7.67. The van der Waals surface area contributed by atoms with E-state index in [9.17, 15) is 18.0 Å². The number of carbonyl (C=O) groups is 2. The number of fused-ring (bicyclic) bond motifs is 1. The van der Waals surface area contributed by atoms with Crippen molar-refractivity contribution in [2.45, 2.75) is 24.2 Å². The van der Waals surface area contributed by atoms with Crippen LogP contribution < -0.4 is 15.4 Å². The Kier molecular flexibility index (Phi) is 5.34. The number of aryl methyl sites for hydroxylation is 1. The number of sulfonamides is 1. The van der Waals surface area contributed by atoms with Gasteiger partial charge in [-0.05, 0) is 36.6 Å². The molecule has 2 aromatic carbocycles. The molecule has 0 spiro atoms. The molecule has 0 aromatic heterocycles. The van der Waals surface area contributed by atoms with Crippen LogP contribution in [0.25, 0.3) is 0 Å². The number of nitrogens with one attached hydrogen (secondary N) is 3. The van der Waals surface area contributed by atoms with Crippen LogP contribution in [0.15, 0.2) is 53.4 Å². The molecule has 0 fully saturated rings. The first-order valence-corrected chi connectivity index (χ1v) is 9.70. The zero-order chi connectivity index (χ0) is 18.6. The molecule has 3 rings (SSSR count). The Morgan fingerprint density at radius 3 is 2.35 bits per heavy atom. The summed E-state index contributed by atoms with van der Waals surface area (Å²) in [6, 6.07) is 14.0. The zero-order valence-electron chi connectivity index (χ0n) is 14.0. The second-order valence-electron chi connectivity index (χ2n) is 5.97. The van der Waals surface area contributed by atoms with Crippen LogP contribution in [0.4, 0.5) is 11.4 Å². The van der Waals surface area contributed by atoms with Gasteiger partial charge in [0, 0.05) is 6.54 Å². The SMILES string of the molecule is O=C1CC(=O)Nc2cc(S(=O)(=O)NCCCc3ccccc3)ccc2N1. The molecule has 0 aliphatic carbocycles. The predicted molar refractivity (Wildman–Crippen MR) is 98.3 cm³/mol. The van der Waals surface area contributed by atoms with E-state index in [-0.39, 0.29) is 17.0 Å². The van der Waals surface area contributed by atoms with Gasteiger partial charge in [0.25, 0.3) is 0 Å². The zero-order valence-corrected chi connectivity index (χ0v) is 14.8. The van der Waals surface area contributed by atoms with Crippen LogP contribution in [0.2, 0.25) is 0 Å². The van der Waals surface area contributed by atoms with Gasteiger partial charge in [0.15, 0.2) is 0 Å². The molecule has 2 aromatic rings. The van der Waals surface area contributed by atoms with Gasteiger partial charge < -0.3 is 10.6 Å². The molecule has 7 nitrogen and oxygen atoms in total. The Balaban J connectivity index is 1.66. The Hall–Kier alpha value is -2.71. The van der Waals surface area contributed by atoms with Crippen molar-refractivity contribution in [3.05, 3.63) is 54.1 Å². The summed E-state index contributed by atoms with van der Waals surface area (Å²) >= 11 is 0. The van der Waals surface area contributed by atoms with Gasteiger partial charge in [-0.15, -0.1) is 0 Å². The topological polar surface area (TPSA) is 104 Å². The summed E-state index contributed by atoms with van der Waals surface area (Å²) in [4.78, 5) is 23.2. The van der Waals surface area contributed by atoms with Gasteiger partial charge in [-0.2, -0.15) is 0 Å². The standard InChI is InChI=1S/C18H19N3O4S/c22-17-12-18(23)21-16-11-14(8-9-15(16)20-17)26(24,25)19-10-4-7-13-5-2-1-3-6-13/h1-3,5-6,8-9,11,19H,4,7,10,12H2,(H,20,22)(H,21,23). The van der Waals surface area contributed by atoms with Crippen molar-refractivity contribution in [3.8, 4) is 0 Å². The molecule has 2 amide bonds. The quantitative estimate of drug-likeness (QED) is 0.531. The monoisotopic (exact) mass is 373 g/mol. The van der Waals surface area contributed by atoms with E-state index in [2.05, 4.69) is 15.4 Å². The molecule has 0 unspecified atom stereocenters. The van der Waals surface area contributed by atoms with Crippen molar-refractivity contribution in [2.24, 2.45) is 0 Å². The number of benzene rings is 2. The Morgan fingerprint density at radius 2 is 1.62 bits per heavy atom. The van der Waals surface area contributed by atoms with E-state index in [4.69, 9.17) is 0 Å². The lowest BCUT2D eigenvalue weighted by Gasteiger charge is -2.11. The van der Waals surface area contributed by atoms with Gasteiger partial charge in [0.2, 0.25) is 21.8 Å². The largest absolute Gasteiger partial charge is 0.324 e. The van der Waals surface area contributed by atoms with Crippen LogP contribution in [0.3, 0.4) is 0 Å². The summed E-state index contributed by atoms with van der Waals surface area (Å²) in [6.07, 6.45) is 1.14. The highest BCUT2D eigenvalue weighted by Crippen LogP contribution is 2.27. The Morgan fingerprint density at radius 1 is 0.923 bits per heavy atom. The molecule has 8 heteroatoms. The van der Waals surface area contributed by atoms with Crippen LogP contribution in [0, 0.1) is 0 Å². The third-order valence-electron chi connectivity index (χ3n) is 3.95. The number of carbonyl (C=O) groups excluding carboxylic acids is 2. The van der Waals surface area contributed by atoms with Gasteiger partial charge in [-0.3, -0.25) is 9.59 Å². The maximum absolute atomic E-state index is 12.4. The minimum atomic E-state index is -3.71. The van der Waals surface area contributed by atoms with Gasteiger partial charge in [-0.1, -0.05) is 30.3 Å². The summed E-state index contributed by atoms with van der Waals surface area (Å²) < 4.78 is 27.5. The van der Waals surface area contributed by atoms with Crippen molar-refractivity contribution in [2.75, 3.05) is 17.2 Å². The molecule has 0 atom stereocenters. The number of hydrogen-bond acceptors (Lipinski definition) is 4. The van der Waals surface area contributed by atoms with Crippen molar-refractivity contribution < 1.29 is 18.0 Å². The lowest BCUT2D eigenvalue weighted by Crippen LogP contribution is -2.25. The number of amides is 2. The van der Waals surface area contributed by atoms with Crippen LogP contribution in [-0.2, 0) is 26.0 Å². The van der Waals surface area contributed by atoms with Crippen molar-refractivity contribution in [1.82, 2.24) is 4.72 Å². The van der Waals surface area contributed by atoms with E-state index >= 15 is 0 Å². The number of anilines is 2. The molecule has 1 aliphatic rings. The fourth-order valence-electron chi connectivity index (χ4n) is 2.66. The fraction of sp³-hybridized carbons (Fsp3) is 0.222. The van der Waals surface area contributed by atoms with Crippen molar-refractivity contribution >= 4 is 33.2 Å². The minimum absolute atomic E-state index is 0.0346. The van der Waals surface area contributed by atoms with Gasteiger partial charge >= 0.3 is 0 Å². The average molecular weight is 373 g/mol. The van der Waals surface area contributed by atoms with Crippen LogP contribution in [0.1, 0.15) is 18.4 Å². The first-order chi connectivity index (χ1) is 12.4. The van der Waals surface area contributed by atoms with E-state index < -0.39 is 21.8 Å². The van der Waals surface area contributed by atoms with Gasteiger partial charge in [0.1, 0.15) is 6.42 Å². The fourth-order valence-corrected chi connectivity index (χ4v) is 3.76. The van der Waals surface area contributed by atoms with E-state index in [0.717, 1.165) is 12.0 Å². The van der Waals surface area contributed by atoms with Crippen molar-refractivity contribution in [3.63, 3.8) is 0 Å². The van der Waals surface area contributed by atoms with Gasteiger partial charge in [0.05, 0.1) is 16.3 Å². The van der Waals surface area contributed by atoms with Gasteiger partial charge in [-0.25, -0.2) is 13.1 Å². The second-order valence-corrected chi connectivity index (χ2v) is 7.73. The summed E-state index contributed by atoms with van der Waals surface area (Å²) in [6.45, 7) is 0.303. The summed E-state index contributed by atoms with van der Waals surface area (Å²) in [5.74, 6) is -0.914. The Labute approximate surface area is 151 Å². The van der Waals surface area contributed by atoms with E-state index in [0.29, 0.717) is 18.7 Å². The molecule has 26 heavy (non-hydrogen) atoms. The maximum atomic E-state index is 12.4. The molecular formula is C18H19N3O4S. The number of hydrogen-bond donors (Lipinski definition) is 3. The molecule has 1 aliphatic heterocycles. The van der Waals surface area contributed by atoms with E-state index in [1.165, 1.54) is 18.2 Å². The van der Waals surface area contributed by atoms with E-state index in [1.54, 1.807) is 0 Å². The number of rotatable bonds is 6. The third-order valence-corrected chi connectivity index (χ3v) is 5.41. The molecule has 136 valence electrons. The third kappa shape index (κ3) is 4.47. The highest BCUT2D eigenvalue weighted by Gasteiger charge is 2.21. The summed E-state index contributed by atoms with van der Waals surface area (Å²) in [5, 5.41) is 5.10. The van der Waals surface area contributed by atoms with Crippen LogP contribution in [-0.4, -0.2) is 26.8 Å². The molecular weight excluding hydrogens is 354 g/mol. The predicted octanol–water partition coefficient (Wildman–Crippen LogP) is 1.88. The Bertz CT molecular complexity index is 927. The highest BCUT2D eigenvalue weighted by atomic mass is 32.2. The van der Waals surface area contributed by atoms with E-state index in [1.807, 2.05) is 30.3 Å². The summed E-state index contributed by atoms with van der Waals surface area (Å²) in [5.41, 5.74) is 1.80. The van der Waals surface area contributed by atoms with Crippen molar-refractivity contribution in [1.29, 1.82) is 0 Å². The highest BCUT2D eigenvalue weighted by molar-refractivity contribution is 7.89. The molecule has 1 heterocycles. The average Bonchev–Trinajstić information content (AvgIpc) is 2.75. The molecule has 0 saturated heterocycles. The maximum Gasteiger partial charge on any atom is 0.240 e.